The smallest absolute Gasteiger partial charge is 0.191 e. The van der Waals surface area contributed by atoms with E-state index >= 15 is 0 Å². The topological polar surface area (TPSA) is 68.0 Å². The molecule has 1 aliphatic heterocycles. The van der Waals surface area contributed by atoms with E-state index in [0.717, 1.165) is 43.4 Å². The van der Waals surface area contributed by atoms with Crippen molar-refractivity contribution in [3.05, 3.63) is 54.0 Å². The third kappa shape index (κ3) is 5.26. The molecule has 134 valence electrons. The van der Waals surface area contributed by atoms with Crippen LogP contribution in [0, 0.1) is 0 Å². The van der Waals surface area contributed by atoms with Crippen LogP contribution in [0.5, 0.6) is 5.75 Å². The Morgan fingerprint density at radius 1 is 1.24 bits per heavy atom. The van der Waals surface area contributed by atoms with Crippen molar-refractivity contribution in [1.82, 2.24) is 10.6 Å². The van der Waals surface area contributed by atoms with Crippen LogP contribution >= 0.6 is 0 Å². The lowest BCUT2D eigenvalue weighted by Gasteiger charge is -2.15. The fourth-order valence-corrected chi connectivity index (χ4v) is 2.75. The first kappa shape index (κ1) is 17.4. The molecule has 2 aromatic rings. The molecule has 0 spiro atoms. The molecular weight excluding hydrogens is 318 g/mol. The quantitative estimate of drug-likeness (QED) is 0.437. The van der Waals surface area contributed by atoms with E-state index in [0.29, 0.717) is 13.2 Å². The number of fused-ring (bicyclic) bond motifs is 1. The minimum absolute atomic E-state index is 0.146. The predicted molar refractivity (Wildman–Crippen MR) is 96.9 cm³/mol. The van der Waals surface area contributed by atoms with Gasteiger partial charge in [-0.15, -0.1) is 0 Å². The van der Waals surface area contributed by atoms with Crippen LogP contribution in [-0.4, -0.2) is 38.8 Å². The second-order valence-corrected chi connectivity index (χ2v) is 5.92. The Morgan fingerprint density at radius 2 is 2.16 bits per heavy atom. The fraction of sp³-hybridized carbons (Fsp3) is 0.421. The summed E-state index contributed by atoms with van der Waals surface area (Å²) in [5.74, 6) is 2.62. The lowest BCUT2D eigenvalue weighted by Crippen LogP contribution is -2.42. The van der Waals surface area contributed by atoms with Crippen LogP contribution in [0.25, 0.3) is 0 Å². The number of hydrogen-bond acceptors (Lipinski definition) is 4. The number of nitrogens with zero attached hydrogens (tertiary/aromatic N) is 1. The van der Waals surface area contributed by atoms with Crippen molar-refractivity contribution in [2.75, 3.05) is 26.7 Å². The van der Waals surface area contributed by atoms with Crippen molar-refractivity contribution in [3.8, 4) is 5.75 Å². The molecule has 3 rings (SSSR count). The molecule has 1 aromatic heterocycles. The van der Waals surface area contributed by atoms with Gasteiger partial charge in [0, 0.05) is 26.6 Å². The second-order valence-electron chi connectivity index (χ2n) is 5.92. The van der Waals surface area contributed by atoms with Crippen LogP contribution in [0.4, 0.5) is 0 Å². The highest BCUT2D eigenvalue weighted by molar-refractivity contribution is 5.79. The van der Waals surface area contributed by atoms with Crippen LogP contribution in [0.2, 0.25) is 0 Å². The fourth-order valence-electron chi connectivity index (χ4n) is 2.75. The maximum Gasteiger partial charge on any atom is 0.191 e. The molecule has 2 N–H and O–H groups in total. The molecule has 1 unspecified atom stereocenters. The normalized spacial score (nSPS) is 16.4. The number of nitrogens with one attached hydrogen (secondary N) is 2. The van der Waals surface area contributed by atoms with Gasteiger partial charge >= 0.3 is 0 Å². The van der Waals surface area contributed by atoms with Gasteiger partial charge in [-0.2, -0.15) is 0 Å². The van der Waals surface area contributed by atoms with Gasteiger partial charge in [0.2, 0.25) is 0 Å². The van der Waals surface area contributed by atoms with E-state index in [1.807, 2.05) is 30.3 Å². The molecule has 0 amide bonds. The van der Waals surface area contributed by atoms with Crippen LogP contribution in [0.1, 0.15) is 17.7 Å². The molecule has 6 heteroatoms. The summed E-state index contributed by atoms with van der Waals surface area (Å²) in [5.41, 5.74) is 1.27. The first-order valence-corrected chi connectivity index (χ1v) is 8.64. The van der Waals surface area contributed by atoms with Gasteiger partial charge in [-0.25, -0.2) is 0 Å². The average molecular weight is 343 g/mol. The standard InChI is InChI=1S/C19H25N3O3/c1-20-19(21-9-5-10-23-14-16-7-4-11-24-16)22-13-17-12-15-6-2-3-8-18(15)25-17/h2-4,6-8,11,17H,5,9-10,12-14H2,1H3,(H2,20,21,22). The van der Waals surface area contributed by atoms with Crippen LogP contribution in [0.15, 0.2) is 52.1 Å². The SMILES string of the molecule is CN=C(NCCCOCc1ccco1)NCC1Cc2ccccc2O1. The van der Waals surface area contributed by atoms with Gasteiger partial charge in [-0.1, -0.05) is 18.2 Å². The van der Waals surface area contributed by atoms with Crippen molar-refractivity contribution in [1.29, 1.82) is 0 Å². The van der Waals surface area contributed by atoms with E-state index in [1.165, 1.54) is 5.56 Å². The van der Waals surface area contributed by atoms with E-state index in [1.54, 1.807) is 13.3 Å². The van der Waals surface area contributed by atoms with E-state index in [2.05, 4.69) is 21.7 Å². The van der Waals surface area contributed by atoms with Crippen molar-refractivity contribution in [2.24, 2.45) is 4.99 Å². The highest BCUT2D eigenvalue weighted by Gasteiger charge is 2.22. The summed E-state index contributed by atoms with van der Waals surface area (Å²) in [4.78, 5) is 4.24. The Morgan fingerprint density at radius 3 is 2.96 bits per heavy atom. The first-order chi connectivity index (χ1) is 12.3. The van der Waals surface area contributed by atoms with Crippen LogP contribution < -0.4 is 15.4 Å². The maximum atomic E-state index is 5.92. The first-order valence-electron chi connectivity index (χ1n) is 8.64. The summed E-state index contributed by atoms with van der Waals surface area (Å²) in [6.45, 7) is 2.71. The van der Waals surface area contributed by atoms with E-state index in [9.17, 15) is 0 Å². The second kappa shape index (κ2) is 9.13. The lowest BCUT2D eigenvalue weighted by atomic mass is 10.1. The summed E-state index contributed by atoms with van der Waals surface area (Å²) >= 11 is 0. The van der Waals surface area contributed by atoms with Gasteiger partial charge in [-0.3, -0.25) is 4.99 Å². The predicted octanol–water partition coefficient (Wildman–Crippen LogP) is 2.35. The highest BCUT2D eigenvalue weighted by Crippen LogP contribution is 2.27. The molecule has 0 bridgehead atoms. The average Bonchev–Trinajstić information content (AvgIpc) is 3.29. The molecule has 6 nitrogen and oxygen atoms in total. The zero-order valence-electron chi connectivity index (χ0n) is 14.5. The van der Waals surface area contributed by atoms with E-state index in [4.69, 9.17) is 13.9 Å². The minimum Gasteiger partial charge on any atom is -0.488 e. The summed E-state index contributed by atoms with van der Waals surface area (Å²) in [7, 11) is 1.77. The summed E-state index contributed by atoms with van der Waals surface area (Å²) < 4.78 is 16.7. The lowest BCUT2D eigenvalue weighted by molar-refractivity contribution is 0.105. The molecular formula is C19H25N3O3. The van der Waals surface area contributed by atoms with Crippen molar-refractivity contribution < 1.29 is 13.9 Å². The van der Waals surface area contributed by atoms with E-state index in [-0.39, 0.29) is 6.10 Å². The van der Waals surface area contributed by atoms with Gasteiger partial charge in [0.1, 0.15) is 24.2 Å². The van der Waals surface area contributed by atoms with Gasteiger partial charge < -0.3 is 24.5 Å². The van der Waals surface area contributed by atoms with Crippen LogP contribution in [0.3, 0.4) is 0 Å². The third-order valence-electron chi connectivity index (χ3n) is 4.02. The van der Waals surface area contributed by atoms with Crippen molar-refractivity contribution >= 4 is 5.96 Å². The van der Waals surface area contributed by atoms with Crippen molar-refractivity contribution in [3.63, 3.8) is 0 Å². The molecule has 1 aromatic carbocycles. The molecule has 0 fully saturated rings. The number of aliphatic imine (C=N–C) groups is 1. The minimum atomic E-state index is 0.146. The van der Waals surface area contributed by atoms with Gasteiger partial charge in [0.05, 0.1) is 12.8 Å². The monoisotopic (exact) mass is 343 g/mol. The molecule has 1 atom stereocenters. The molecule has 0 saturated carbocycles. The molecule has 2 heterocycles. The number of rotatable bonds is 8. The summed E-state index contributed by atoms with van der Waals surface area (Å²) in [6, 6.07) is 12.0. The third-order valence-corrected chi connectivity index (χ3v) is 4.02. The number of hydrogen-bond donors (Lipinski definition) is 2. The summed E-state index contributed by atoms with van der Waals surface area (Å²) in [5, 5.41) is 6.61. The Labute approximate surface area is 148 Å². The maximum absolute atomic E-state index is 5.92. The Hall–Kier alpha value is -2.47. The van der Waals surface area contributed by atoms with Crippen molar-refractivity contribution in [2.45, 2.75) is 25.6 Å². The van der Waals surface area contributed by atoms with Gasteiger partial charge in [0.15, 0.2) is 5.96 Å². The molecule has 0 aliphatic carbocycles. The van der Waals surface area contributed by atoms with Gasteiger partial charge in [0.25, 0.3) is 0 Å². The Bertz CT molecular complexity index is 645. The Balaban J connectivity index is 1.27. The number of benzene rings is 1. The molecule has 1 aliphatic rings. The van der Waals surface area contributed by atoms with Crippen LogP contribution in [-0.2, 0) is 17.8 Å². The molecule has 25 heavy (non-hydrogen) atoms. The number of ether oxygens (including phenoxy) is 2. The number of furan rings is 1. The van der Waals surface area contributed by atoms with E-state index < -0.39 is 0 Å². The molecule has 0 saturated heterocycles. The van der Waals surface area contributed by atoms with Gasteiger partial charge in [-0.05, 0) is 30.2 Å². The zero-order valence-corrected chi connectivity index (χ0v) is 14.5. The zero-order chi connectivity index (χ0) is 17.3. The number of para-hydroxylation sites is 1. The number of guanidine groups is 1. The largest absolute Gasteiger partial charge is 0.488 e. The summed E-state index contributed by atoms with van der Waals surface area (Å²) in [6.07, 6.45) is 3.63. The molecule has 0 radical (unpaired) electrons. The Kier molecular flexibility index (Phi) is 6.34. The highest BCUT2D eigenvalue weighted by atomic mass is 16.5.